The van der Waals surface area contributed by atoms with Crippen LogP contribution in [-0.2, 0) is 0 Å². The topological polar surface area (TPSA) is 6.48 Å². The molecule has 0 radical (unpaired) electrons. The van der Waals surface area contributed by atoms with E-state index in [1.54, 1.807) is 0 Å². The highest BCUT2D eigenvalue weighted by Gasteiger charge is 2.24. The zero-order valence-electron chi connectivity index (χ0n) is 12.9. The maximum absolute atomic E-state index is 4.00. The quantitative estimate of drug-likeness (QED) is 0.736. The molecular weight excluding hydrogens is 220 g/mol. The van der Waals surface area contributed by atoms with Crippen molar-refractivity contribution in [1.29, 1.82) is 0 Å². The van der Waals surface area contributed by atoms with Crippen LogP contribution >= 0.6 is 0 Å². The molecule has 106 valence electrons. The van der Waals surface area contributed by atoms with Crippen molar-refractivity contribution in [3.05, 3.63) is 12.8 Å². The maximum atomic E-state index is 4.00. The minimum atomic E-state index is 0.273. The Morgan fingerprint density at radius 2 is 1.67 bits per heavy atom. The highest BCUT2D eigenvalue weighted by molar-refractivity contribution is 4.88. The van der Waals surface area contributed by atoms with Crippen LogP contribution in [0.2, 0.25) is 0 Å². The maximum Gasteiger partial charge on any atom is 0.0340 e. The highest BCUT2D eigenvalue weighted by Crippen LogP contribution is 2.23. The molecule has 0 amide bonds. The number of hydrogen-bond donors (Lipinski definition) is 0. The Kier molecular flexibility index (Phi) is 6.20. The van der Waals surface area contributed by atoms with Gasteiger partial charge in [0.05, 0.1) is 0 Å². The van der Waals surface area contributed by atoms with Crippen molar-refractivity contribution in [2.24, 2.45) is 0 Å². The first kappa shape index (κ1) is 15.6. The molecule has 0 unspecified atom stereocenters. The van der Waals surface area contributed by atoms with Gasteiger partial charge in [-0.1, -0.05) is 19.4 Å². The van der Waals surface area contributed by atoms with Gasteiger partial charge in [0.2, 0.25) is 0 Å². The van der Waals surface area contributed by atoms with Crippen LogP contribution in [0.3, 0.4) is 0 Å². The fourth-order valence-corrected chi connectivity index (χ4v) is 2.91. The van der Waals surface area contributed by atoms with E-state index in [1.807, 2.05) is 6.20 Å². The first-order valence-electron chi connectivity index (χ1n) is 7.61. The van der Waals surface area contributed by atoms with Crippen molar-refractivity contribution >= 4 is 0 Å². The second kappa shape index (κ2) is 7.18. The van der Waals surface area contributed by atoms with Gasteiger partial charge in [-0.2, -0.15) is 0 Å². The average molecular weight is 252 g/mol. The van der Waals surface area contributed by atoms with Crippen LogP contribution in [0.4, 0.5) is 0 Å². The van der Waals surface area contributed by atoms with Gasteiger partial charge in [-0.15, -0.1) is 0 Å². The van der Waals surface area contributed by atoms with Crippen LogP contribution in [0.25, 0.3) is 0 Å². The van der Waals surface area contributed by atoms with Crippen LogP contribution in [0.5, 0.6) is 0 Å². The summed E-state index contributed by atoms with van der Waals surface area (Å²) in [6.45, 7) is 17.0. The summed E-state index contributed by atoms with van der Waals surface area (Å²) >= 11 is 0. The van der Waals surface area contributed by atoms with E-state index in [1.165, 1.54) is 45.2 Å². The van der Waals surface area contributed by atoms with E-state index in [9.17, 15) is 0 Å². The van der Waals surface area contributed by atoms with Crippen molar-refractivity contribution in [3.63, 3.8) is 0 Å². The fourth-order valence-electron chi connectivity index (χ4n) is 2.91. The molecule has 0 saturated carbocycles. The summed E-state index contributed by atoms with van der Waals surface area (Å²) in [6, 6.07) is 0.677. The SMILES string of the molecule is C=CN1CCCN(C(C)C)CCCCCC1(C)C. The lowest BCUT2D eigenvalue weighted by Crippen LogP contribution is -2.41. The average Bonchev–Trinajstić information content (AvgIpc) is 2.32. The van der Waals surface area contributed by atoms with Gasteiger partial charge in [-0.05, 0) is 59.7 Å². The Bertz CT molecular complexity index is 245. The van der Waals surface area contributed by atoms with Crippen molar-refractivity contribution in [1.82, 2.24) is 9.80 Å². The number of rotatable bonds is 2. The normalized spacial score (nSPS) is 23.7. The summed E-state index contributed by atoms with van der Waals surface area (Å²) in [7, 11) is 0. The van der Waals surface area contributed by atoms with Gasteiger partial charge in [0, 0.05) is 24.7 Å². The van der Waals surface area contributed by atoms with Crippen molar-refractivity contribution in [2.75, 3.05) is 19.6 Å². The predicted molar refractivity (Wildman–Crippen MR) is 80.8 cm³/mol. The van der Waals surface area contributed by atoms with Crippen molar-refractivity contribution in [2.45, 2.75) is 71.4 Å². The Morgan fingerprint density at radius 1 is 1.00 bits per heavy atom. The molecule has 0 aromatic heterocycles. The Labute approximate surface area is 114 Å². The molecule has 1 saturated heterocycles. The Morgan fingerprint density at radius 3 is 2.28 bits per heavy atom. The van der Waals surface area contributed by atoms with Gasteiger partial charge in [-0.25, -0.2) is 0 Å². The molecule has 1 aliphatic rings. The molecule has 1 aliphatic heterocycles. The largest absolute Gasteiger partial charge is 0.373 e. The summed E-state index contributed by atoms with van der Waals surface area (Å²) in [6.07, 6.45) is 8.61. The van der Waals surface area contributed by atoms with Crippen LogP contribution in [0.1, 0.15) is 59.8 Å². The molecule has 0 atom stereocenters. The van der Waals surface area contributed by atoms with Gasteiger partial charge in [0.1, 0.15) is 0 Å². The summed E-state index contributed by atoms with van der Waals surface area (Å²) in [5.41, 5.74) is 0.273. The van der Waals surface area contributed by atoms with E-state index < -0.39 is 0 Å². The van der Waals surface area contributed by atoms with E-state index in [-0.39, 0.29) is 5.54 Å². The summed E-state index contributed by atoms with van der Waals surface area (Å²) < 4.78 is 0. The Hall–Kier alpha value is -0.500. The van der Waals surface area contributed by atoms with Crippen LogP contribution in [0, 0.1) is 0 Å². The minimum Gasteiger partial charge on any atom is -0.373 e. The zero-order chi connectivity index (χ0) is 13.6. The molecule has 0 aliphatic carbocycles. The third kappa shape index (κ3) is 4.64. The predicted octanol–water partition coefficient (Wildman–Crippen LogP) is 3.89. The highest BCUT2D eigenvalue weighted by atomic mass is 15.2. The third-order valence-corrected chi connectivity index (χ3v) is 4.31. The Balaban J connectivity index is 2.63. The number of hydrogen-bond acceptors (Lipinski definition) is 2. The molecule has 0 bridgehead atoms. The van der Waals surface area contributed by atoms with E-state index >= 15 is 0 Å². The van der Waals surface area contributed by atoms with E-state index in [4.69, 9.17) is 0 Å². The summed E-state index contributed by atoms with van der Waals surface area (Å²) in [5.74, 6) is 0. The second-order valence-corrected chi connectivity index (χ2v) is 6.48. The first-order chi connectivity index (χ1) is 8.47. The molecule has 2 heteroatoms. The molecule has 2 nitrogen and oxygen atoms in total. The lowest BCUT2D eigenvalue weighted by molar-refractivity contribution is 0.158. The molecule has 0 spiro atoms. The minimum absolute atomic E-state index is 0.273. The molecule has 0 aromatic carbocycles. The van der Waals surface area contributed by atoms with Gasteiger partial charge >= 0.3 is 0 Å². The lowest BCUT2D eigenvalue weighted by atomic mass is 9.94. The van der Waals surface area contributed by atoms with Crippen LogP contribution < -0.4 is 0 Å². The van der Waals surface area contributed by atoms with Gasteiger partial charge in [-0.3, -0.25) is 0 Å². The number of nitrogens with zero attached hydrogens (tertiary/aromatic N) is 2. The molecule has 0 N–H and O–H groups in total. The van der Waals surface area contributed by atoms with E-state index in [2.05, 4.69) is 44.1 Å². The van der Waals surface area contributed by atoms with E-state index in [0.29, 0.717) is 6.04 Å². The molecule has 18 heavy (non-hydrogen) atoms. The van der Waals surface area contributed by atoms with Crippen molar-refractivity contribution < 1.29 is 0 Å². The molecule has 1 fully saturated rings. The fraction of sp³-hybridized carbons (Fsp3) is 0.875. The lowest BCUT2D eigenvalue weighted by Gasteiger charge is -2.38. The van der Waals surface area contributed by atoms with Gasteiger partial charge in [0.15, 0.2) is 0 Å². The van der Waals surface area contributed by atoms with E-state index in [0.717, 1.165) is 6.54 Å². The first-order valence-corrected chi connectivity index (χ1v) is 7.61. The third-order valence-electron chi connectivity index (χ3n) is 4.31. The molecule has 0 aromatic rings. The monoisotopic (exact) mass is 252 g/mol. The smallest absolute Gasteiger partial charge is 0.0340 e. The summed E-state index contributed by atoms with van der Waals surface area (Å²) in [5, 5.41) is 0. The molecule has 1 heterocycles. The molecular formula is C16H32N2. The molecule has 1 rings (SSSR count). The van der Waals surface area contributed by atoms with Gasteiger partial charge in [0.25, 0.3) is 0 Å². The second-order valence-electron chi connectivity index (χ2n) is 6.48. The summed E-state index contributed by atoms with van der Waals surface area (Å²) in [4.78, 5) is 5.07. The van der Waals surface area contributed by atoms with Gasteiger partial charge < -0.3 is 9.80 Å². The zero-order valence-corrected chi connectivity index (χ0v) is 12.9. The van der Waals surface area contributed by atoms with Crippen LogP contribution in [-0.4, -0.2) is 41.0 Å². The standard InChI is InChI=1S/C16H32N2/c1-6-18-14-10-13-17(15(2)3)12-9-7-8-11-16(18,4)5/h6,15H,1,7-14H2,2-5H3. The van der Waals surface area contributed by atoms with Crippen LogP contribution in [0.15, 0.2) is 12.8 Å². The van der Waals surface area contributed by atoms with Crippen molar-refractivity contribution in [3.8, 4) is 0 Å².